The highest BCUT2D eigenvalue weighted by atomic mass is 16.2. The van der Waals surface area contributed by atoms with Crippen molar-refractivity contribution in [1.82, 2.24) is 24.3 Å². The first-order valence-electron chi connectivity index (χ1n) is 12.6. The largest absolute Gasteiger partial charge is 0.382 e. The Morgan fingerprint density at radius 3 is 2.55 bits per heavy atom. The normalized spacial score (nSPS) is 23.2. The molecule has 3 aromatic heterocycles. The van der Waals surface area contributed by atoms with Crippen molar-refractivity contribution < 1.29 is 9.59 Å². The van der Waals surface area contributed by atoms with Gasteiger partial charge < -0.3 is 16.0 Å². The highest BCUT2D eigenvalue weighted by Gasteiger charge is 2.77. The summed E-state index contributed by atoms with van der Waals surface area (Å²) in [7, 11) is 0. The number of piperidine rings is 1. The van der Waals surface area contributed by atoms with Gasteiger partial charge in [0.25, 0.3) is 5.91 Å². The summed E-state index contributed by atoms with van der Waals surface area (Å²) in [6, 6.07) is 12.3. The van der Waals surface area contributed by atoms with E-state index in [0.29, 0.717) is 40.9 Å². The van der Waals surface area contributed by atoms with Crippen LogP contribution in [0.25, 0.3) is 16.8 Å². The Balaban J connectivity index is 1.42. The van der Waals surface area contributed by atoms with Crippen LogP contribution in [0.5, 0.6) is 0 Å². The Kier molecular flexibility index (Phi) is 5.17. The molecule has 4 heterocycles. The Morgan fingerprint density at radius 1 is 1.11 bits per heavy atom. The van der Waals surface area contributed by atoms with Crippen LogP contribution >= 0.6 is 0 Å². The van der Waals surface area contributed by atoms with E-state index in [4.69, 9.17) is 10.7 Å². The van der Waals surface area contributed by atoms with Gasteiger partial charge in [-0.3, -0.25) is 14.0 Å². The average Bonchev–Trinajstić information content (AvgIpc) is 3.24. The number of amides is 2. The van der Waals surface area contributed by atoms with Crippen molar-refractivity contribution in [3.63, 3.8) is 0 Å². The minimum Gasteiger partial charge on any atom is -0.382 e. The number of likely N-dealkylation sites (tertiary alicyclic amines) is 1. The molecule has 0 bridgehead atoms. The molecule has 1 unspecified atom stereocenters. The Hall–Kier alpha value is -4.53. The Labute approximate surface area is 220 Å². The number of carbonyl (C=O) groups excluding carboxylic acids is 2. The lowest BCUT2D eigenvalue weighted by atomic mass is 9.88. The zero-order valence-electron chi connectivity index (χ0n) is 21.5. The maximum absolute atomic E-state index is 12.9. The molecular weight excluding hydrogens is 478 g/mol. The second-order valence-corrected chi connectivity index (χ2v) is 10.8. The lowest BCUT2D eigenvalue weighted by Gasteiger charge is -2.33. The molecule has 1 saturated carbocycles. The van der Waals surface area contributed by atoms with E-state index in [2.05, 4.69) is 42.6 Å². The van der Waals surface area contributed by atoms with Gasteiger partial charge in [-0.05, 0) is 41.7 Å². The summed E-state index contributed by atoms with van der Waals surface area (Å²) in [5, 5.41) is 2.79. The van der Waals surface area contributed by atoms with Gasteiger partial charge in [0.05, 0.1) is 6.04 Å². The van der Waals surface area contributed by atoms with Crippen LogP contribution in [0.15, 0.2) is 73.7 Å². The van der Waals surface area contributed by atoms with Crippen molar-refractivity contribution in [1.29, 1.82) is 0 Å². The van der Waals surface area contributed by atoms with Crippen LogP contribution in [-0.2, 0) is 4.79 Å². The first-order chi connectivity index (χ1) is 18.2. The fraction of sp³-hybridized carbons (Fsp3) is 0.276. The number of carbonyl (C=O) groups is 2. The van der Waals surface area contributed by atoms with Crippen LogP contribution < -0.4 is 11.1 Å². The lowest BCUT2D eigenvalue weighted by molar-refractivity contribution is -0.129. The maximum Gasteiger partial charge on any atom is 0.256 e. The second kappa shape index (κ2) is 8.24. The highest BCUT2D eigenvalue weighted by molar-refractivity contribution is 6.04. The molecule has 192 valence electrons. The van der Waals surface area contributed by atoms with Crippen molar-refractivity contribution in [2.75, 3.05) is 17.6 Å². The molecule has 9 heteroatoms. The number of benzene rings is 1. The standard InChI is InChI=1S/C29H29N7O2/c1-5-21(37)36-16-19-28(2,3)29(19,4)24(36)26-34-22(23-25(30)32-14-15-35(23)26)17-9-11-18(12-10-17)27(38)33-20-8-6-7-13-31-20/h5-15,19,24H,1,16H2,2-4H3,(H2,30,32)(H,31,33,38)/t19-,24-,29?/m1/s1. The number of nitrogen functional groups attached to an aromatic ring is 1. The third-order valence-electron chi connectivity index (χ3n) is 8.80. The van der Waals surface area contributed by atoms with Crippen LogP contribution in [0.1, 0.15) is 43.0 Å². The third-order valence-corrected chi connectivity index (χ3v) is 8.80. The topological polar surface area (TPSA) is 119 Å². The van der Waals surface area contributed by atoms with Crippen molar-refractivity contribution in [3.8, 4) is 11.3 Å². The van der Waals surface area contributed by atoms with E-state index < -0.39 is 0 Å². The minimum atomic E-state index is -0.258. The first kappa shape index (κ1) is 23.8. The van der Waals surface area contributed by atoms with Gasteiger partial charge in [-0.1, -0.05) is 45.5 Å². The number of nitrogens with zero attached hydrogens (tertiary/aromatic N) is 5. The van der Waals surface area contributed by atoms with Gasteiger partial charge in [0, 0.05) is 41.7 Å². The number of hydrogen-bond donors (Lipinski definition) is 2. The zero-order chi connectivity index (χ0) is 26.8. The molecule has 2 fully saturated rings. The van der Waals surface area contributed by atoms with E-state index in [1.807, 2.05) is 33.7 Å². The SMILES string of the molecule is C=CC(=O)N1C[C@@H]2C(C)(C)C2(C)[C@H]1c1nc(-c2ccc(C(=O)Nc3ccccn3)cc2)c2c(N)nccn12. The van der Waals surface area contributed by atoms with Crippen molar-refractivity contribution in [3.05, 3.63) is 85.1 Å². The molecule has 2 amide bonds. The summed E-state index contributed by atoms with van der Waals surface area (Å²) in [4.78, 5) is 41.1. The predicted octanol–water partition coefficient (Wildman–Crippen LogP) is 4.36. The molecule has 0 spiro atoms. The quantitative estimate of drug-likeness (QED) is 0.388. The molecule has 9 nitrogen and oxygen atoms in total. The van der Waals surface area contributed by atoms with Crippen molar-refractivity contribution in [2.24, 2.45) is 16.7 Å². The van der Waals surface area contributed by atoms with Crippen LogP contribution in [0.2, 0.25) is 0 Å². The molecule has 4 aromatic rings. The van der Waals surface area contributed by atoms with Crippen LogP contribution in [0.4, 0.5) is 11.6 Å². The summed E-state index contributed by atoms with van der Waals surface area (Å²) < 4.78 is 1.95. The smallest absolute Gasteiger partial charge is 0.256 e. The minimum absolute atomic E-state index is 0.0583. The monoisotopic (exact) mass is 507 g/mol. The number of rotatable bonds is 5. The fourth-order valence-electron chi connectivity index (χ4n) is 6.35. The number of imidazole rings is 1. The molecular formula is C29H29N7O2. The average molecular weight is 508 g/mol. The summed E-state index contributed by atoms with van der Waals surface area (Å²) in [6.45, 7) is 11.1. The molecule has 3 N–H and O–H groups in total. The number of hydrogen-bond acceptors (Lipinski definition) is 6. The molecule has 38 heavy (non-hydrogen) atoms. The summed E-state index contributed by atoms with van der Waals surface area (Å²) >= 11 is 0. The molecule has 3 atom stereocenters. The van der Waals surface area contributed by atoms with Crippen LogP contribution in [0.3, 0.4) is 0 Å². The van der Waals surface area contributed by atoms with Gasteiger partial charge in [0.15, 0.2) is 0 Å². The highest BCUT2D eigenvalue weighted by Crippen LogP contribution is 2.78. The zero-order valence-corrected chi connectivity index (χ0v) is 21.5. The molecule has 0 radical (unpaired) electrons. The molecule has 1 saturated heterocycles. The van der Waals surface area contributed by atoms with Gasteiger partial charge in [-0.15, -0.1) is 0 Å². The van der Waals surface area contributed by atoms with Gasteiger partial charge in [-0.2, -0.15) is 0 Å². The number of anilines is 2. The van der Waals surface area contributed by atoms with E-state index >= 15 is 0 Å². The maximum atomic E-state index is 12.9. The van der Waals surface area contributed by atoms with Gasteiger partial charge in [0.1, 0.15) is 28.7 Å². The summed E-state index contributed by atoms with van der Waals surface area (Å²) in [5.41, 5.74) is 8.90. The Morgan fingerprint density at radius 2 is 1.87 bits per heavy atom. The van der Waals surface area contributed by atoms with E-state index in [-0.39, 0.29) is 28.7 Å². The fourth-order valence-corrected chi connectivity index (χ4v) is 6.35. The summed E-state index contributed by atoms with van der Waals surface area (Å²) in [6.07, 6.45) is 6.48. The van der Waals surface area contributed by atoms with E-state index in [0.717, 1.165) is 11.4 Å². The van der Waals surface area contributed by atoms with E-state index in [9.17, 15) is 9.59 Å². The van der Waals surface area contributed by atoms with Gasteiger partial charge in [-0.25, -0.2) is 15.0 Å². The van der Waals surface area contributed by atoms with Gasteiger partial charge >= 0.3 is 0 Å². The van der Waals surface area contributed by atoms with Crippen molar-refractivity contribution >= 4 is 29.0 Å². The van der Waals surface area contributed by atoms with Crippen LogP contribution in [-0.4, -0.2) is 42.6 Å². The van der Waals surface area contributed by atoms with Gasteiger partial charge in [0.2, 0.25) is 5.91 Å². The number of pyridine rings is 1. The number of nitrogens with one attached hydrogen (secondary N) is 1. The van der Waals surface area contributed by atoms with Crippen molar-refractivity contribution in [2.45, 2.75) is 26.8 Å². The number of aromatic nitrogens is 4. The molecule has 1 aliphatic carbocycles. The first-order valence-corrected chi connectivity index (χ1v) is 12.6. The Bertz CT molecular complexity index is 1590. The third kappa shape index (κ3) is 3.27. The molecule has 1 aromatic carbocycles. The second-order valence-electron chi connectivity index (χ2n) is 10.8. The lowest BCUT2D eigenvalue weighted by Crippen LogP contribution is -2.37. The molecule has 2 aliphatic rings. The summed E-state index contributed by atoms with van der Waals surface area (Å²) in [5.74, 6) is 1.56. The molecule has 6 rings (SSSR count). The number of fused-ring (bicyclic) bond motifs is 2. The number of nitrogens with two attached hydrogens (primary N) is 1. The van der Waals surface area contributed by atoms with E-state index in [1.165, 1.54) is 6.08 Å². The van der Waals surface area contributed by atoms with Crippen LogP contribution in [0, 0.1) is 16.7 Å². The van der Waals surface area contributed by atoms with E-state index in [1.54, 1.807) is 36.7 Å². The predicted molar refractivity (Wildman–Crippen MR) is 145 cm³/mol. The molecule has 1 aliphatic heterocycles.